The Balaban J connectivity index is 2.18. The van der Waals surface area contributed by atoms with Gasteiger partial charge in [0.1, 0.15) is 0 Å². The summed E-state index contributed by atoms with van der Waals surface area (Å²) in [4.78, 5) is 11.3. The van der Waals surface area contributed by atoms with Gasteiger partial charge in [-0.05, 0) is 25.0 Å². The van der Waals surface area contributed by atoms with E-state index in [1.165, 1.54) is 18.2 Å². The molecule has 5 nitrogen and oxygen atoms in total. The third-order valence-corrected chi connectivity index (χ3v) is 2.76. The van der Waals surface area contributed by atoms with Gasteiger partial charge < -0.3 is 4.74 Å². The smallest absolute Gasteiger partial charge is 0.360 e. The van der Waals surface area contributed by atoms with Crippen LogP contribution in [0.25, 0.3) is 0 Å². The Labute approximate surface area is 105 Å². The molecule has 2 aromatic rings. The van der Waals surface area contributed by atoms with Gasteiger partial charge >= 0.3 is 5.97 Å². The lowest BCUT2D eigenvalue weighted by molar-refractivity contribution is 0.0594. The standard InChI is InChI=1S/C13H15N3O2/c1-9-4-5-11(10(2)6-9)7-16-8-12(14-15-16)13(17)18-3/h4-6,8H,7H2,1-3H3. The van der Waals surface area contributed by atoms with Crippen LogP contribution in [0, 0.1) is 13.8 Å². The molecule has 0 bridgehead atoms. The molecule has 0 aliphatic heterocycles. The number of ether oxygens (including phenoxy) is 1. The largest absolute Gasteiger partial charge is 0.464 e. The molecule has 0 saturated carbocycles. The molecule has 0 atom stereocenters. The molecule has 18 heavy (non-hydrogen) atoms. The lowest BCUT2D eigenvalue weighted by atomic mass is 10.1. The van der Waals surface area contributed by atoms with E-state index >= 15 is 0 Å². The van der Waals surface area contributed by atoms with Crippen LogP contribution in [0.5, 0.6) is 0 Å². The minimum Gasteiger partial charge on any atom is -0.464 e. The van der Waals surface area contributed by atoms with Crippen molar-refractivity contribution in [2.45, 2.75) is 20.4 Å². The number of esters is 1. The van der Waals surface area contributed by atoms with Gasteiger partial charge in [-0.2, -0.15) is 0 Å². The zero-order valence-corrected chi connectivity index (χ0v) is 10.7. The van der Waals surface area contributed by atoms with E-state index in [4.69, 9.17) is 0 Å². The third kappa shape index (κ3) is 2.56. The van der Waals surface area contributed by atoms with Gasteiger partial charge in [0.05, 0.1) is 19.9 Å². The highest BCUT2D eigenvalue weighted by Gasteiger charge is 2.10. The van der Waals surface area contributed by atoms with Crippen molar-refractivity contribution < 1.29 is 9.53 Å². The number of aryl methyl sites for hydroxylation is 2. The molecule has 1 heterocycles. The number of benzene rings is 1. The second-order valence-corrected chi connectivity index (χ2v) is 4.22. The second kappa shape index (κ2) is 5.00. The monoisotopic (exact) mass is 245 g/mol. The number of methoxy groups -OCH3 is 1. The van der Waals surface area contributed by atoms with Crippen LogP contribution in [-0.2, 0) is 11.3 Å². The first-order valence-electron chi connectivity index (χ1n) is 5.64. The number of hydrogen-bond donors (Lipinski definition) is 0. The molecule has 0 unspecified atom stereocenters. The summed E-state index contributed by atoms with van der Waals surface area (Å²) in [6, 6.07) is 6.23. The fraction of sp³-hybridized carbons (Fsp3) is 0.308. The van der Waals surface area contributed by atoms with E-state index in [2.05, 4.69) is 47.1 Å². The Morgan fingerprint density at radius 1 is 1.39 bits per heavy atom. The van der Waals surface area contributed by atoms with Crippen molar-refractivity contribution in [2.75, 3.05) is 7.11 Å². The van der Waals surface area contributed by atoms with E-state index < -0.39 is 5.97 Å². The molecule has 0 spiro atoms. The Morgan fingerprint density at radius 3 is 2.83 bits per heavy atom. The van der Waals surface area contributed by atoms with Crippen molar-refractivity contribution in [3.63, 3.8) is 0 Å². The number of hydrogen-bond acceptors (Lipinski definition) is 4. The van der Waals surface area contributed by atoms with Gasteiger partial charge in [-0.15, -0.1) is 5.10 Å². The molecule has 94 valence electrons. The number of rotatable bonds is 3. The summed E-state index contributed by atoms with van der Waals surface area (Å²) in [5, 5.41) is 7.68. The summed E-state index contributed by atoms with van der Waals surface area (Å²) in [6.45, 7) is 4.71. The quantitative estimate of drug-likeness (QED) is 0.773. The maximum atomic E-state index is 11.3. The number of carbonyl (C=O) groups excluding carboxylic acids is 1. The number of carbonyl (C=O) groups is 1. The van der Waals surface area contributed by atoms with Gasteiger partial charge in [0, 0.05) is 0 Å². The minimum atomic E-state index is -0.470. The average Bonchev–Trinajstić information content (AvgIpc) is 2.80. The molecule has 0 aliphatic carbocycles. The maximum absolute atomic E-state index is 11.3. The highest BCUT2D eigenvalue weighted by molar-refractivity contribution is 5.86. The van der Waals surface area contributed by atoms with Crippen LogP contribution in [-0.4, -0.2) is 28.1 Å². The van der Waals surface area contributed by atoms with Gasteiger partial charge in [0.15, 0.2) is 5.69 Å². The van der Waals surface area contributed by atoms with Crippen LogP contribution in [0.2, 0.25) is 0 Å². The molecule has 0 fully saturated rings. The van der Waals surface area contributed by atoms with Gasteiger partial charge in [-0.1, -0.05) is 29.0 Å². The molecule has 1 aromatic carbocycles. The highest BCUT2D eigenvalue weighted by atomic mass is 16.5. The van der Waals surface area contributed by atoms with Crippen LogP contribution in [0.3, 0.4) is 0 Å². The molecule has 2 rings (SSSR count). The van der Waals surface area contributed by atoms with Crippen LogP contribution in [0.1, 0.15) is 27.2 Å². The first-order valence-corrected chi connectivity index (χ1v) is 5.64. The molecule has 0 aliphatic rings. The van der Waals surface area contributed by atoms with E-state index in [-0.39, 0.29) is 5.69 Å². The topological polar surface area (TPSA) is 57.0 Å². The molecule has 0 amide bonds. The Hall–Kier alpha value is -2.17. The summed E-state index contributed by atoms with van der Waals surface area (Å²) in [6.07, 6.45) is 1.59. The average molecular weight is 245 g/mol. The lowest BCUT2D eigenvalue weighted by Crippen LogP contribution is -2.03. The van der Waals surface area contributed by atoms with Crippen molar-refractivity contribution in [2.24, 2.45) is 0 Å². The predicted molar refractivity (Wildman–Crippen MR) is 66.4 cm³/mol. The highest BCUT2D eigenvalue weighted by Crippen LogP contribution is 2.11. The molecule has 0 N–H and O–H groups in total. The fourth-order valence-electron chi connectivity index (χ4n) is 1.77. The Morgan fingerprint density at radius 2 is 2.17 bits per heavy atom. The Kier molecular flexibility index (Phi) is 3.41. The first kappa shape index (κ1) is 12.3. The summed E-state index contributed by atoms with van der Waals surface area (Å²) in [7, 11) is 1.32. The van der Waals surface area contributed by atoms with Crippen molar-refractivity contribution in [3.8, 4) is 0 Å². The lowest BCUT2D eigenvalue weighted by Gasteiger charge is -2.06. The van der Waals surface area contributed by atoms with E-state index in [1.807, 2.05) is 0 Å². The van der Waals surface area contributed by atoms with Gasteiger partial charge in [-0.3, -0.25) is 0 Å². The van der Waals surface area contributed by atoms with Crippen molar-refractivity contribution in [1.29, 1.82) is 0 Å². The van der Waals surface area contributed by atoms with Gasteiger partial charge in [0.25, 0.3) is 0 Å². The Bertz CT molecular complexity index is 575. The molecular weight excluding hydrogens is 230 g/mol. The predicted octanol–water partition coefficient (Wildman–Crippen LogP) is 1.73. The van der Waals surface area contributed by atoms with Crippen LogP contribution in [0.4, 0.5) is 0 Å². The summed E-state index contributed by atoms with van der Waals surface area (Å²) in [5.74, 6) is -0.470. The van der Waals surface area contributed by atoms with Gasteiger partial charge in [0.2, 0.25) is 0 Å². The molecule has 5 heteroatoms. The van der Waals surface area contributed by atoms with E-state index in [0.717, 1.165) is 5.56 Å². The van der Waals surface area contributed by atoms with Crippen molar-refractivity contribution in [1.82, 2.24) is 15.0 Å². The second-order valence-electron chi connectivity index (χ2n) is 4.22. The van der Waals surface area contributed by atoms with E-state index in [9.17, 15) is 4.79 Å². The van der Waals surface area contributed by atoms with Gasteiger partial charge in [-0.25, -0.2) is 9.48 Å². The fourth-order valence-corrected chi connectivity index (χ4v) is 1.77. The van der Waals surface area contributed by atoms with Crippen LogP contribution < -0.4 is 0 Å². The van der Waals surface area contributed by atoms with Crippen LogP contribution in [0.15, 0.2) is 24.4 Å². The summed E-state index contributed by atoms with van der Waals surface area (Å²) >= 11 is 0. The molecular formula is C13H15N3O2. The zero-order chi connectivity index (χ0) is 13.1. The SMILES string of the molecule is COC(=O)c1cn(Cc2ccc(C)cc2C)nn1. The number of aromatic nitrogens is 3. The number of nitrogens with zero attached hydrogens (tertiary/aromatic N) is 3. The minimum absolute atomic E-state index is 0.224. The van der Waals surface area contributed by atoms with E-state index in [0.29, 0.717) is 6.54 Å². The van der Waals surface area contributed by atoms with Crippen molar-refractivity contribution >= 4 is 5.97 Å². The van der Waals surface area contributed by atoms with Crippen molar-refractivity contribution in [3.05, 3.63) is 46.8 Å². The molecule has 1 aromatic heterocycles. The molecule has 0 radical (unpaired) electrons. The normalized spacial score (nSPS) is 10.4. The maximum Gasteiger partial charge on any atom is 0.360 e. The summed E-state index contributed by atoms with van der Waals surface area (Å²) < 4.78 is 6.21. The summed E-state index contributed by atoms with van der Waals surface area (Å²) in [5.41, 5.74) is 3.80. The zero-order valence-electron chi connectivity index (χ0n) is 10.7. The first-order chi connectivity index (χ1) is 8.60. The van der Waals surface area contributed by atoms with E-state index in [1.54, 1.807) is 10.9 Å². The van der Waals surface area contributed by atoms with Crippen LogP contribution >= 0.6 is 0 Å². The third-order valence-electron chi connectivity index (χ3n) is 2.76. The molecule has 0 saturated heterocycles.